The van der Waals surface area contributed by atoms with Gasteiger partial charge >= 0.3 is 0 Å². The predicted molar refractivity (Wildman–Crippen MR) is 69.4 cm³/mol. The van der Waals surface area contributed by atoms with Crippen LogP contribution in [0.25, 0.3) is 22.0 Å². The highest BCUT2D eigenvalue weighted by Crippen LogP contribution is 2.25. The fourth-order valence-corrected chi connectivity index (χ4v) is 1.89. The van der Waals surface area contributed by atoms with Crippen LogP contribution in [0.15, 0.2) is 55.0 Å². The summed E-state index contributed by atoms with van der Waals surface area (Å²) in [5.41, 5.74) is 9.88. The van der Waals surface area contributed by atoms with E-state index in [9.17, 15) is 0 Å². The Morgan fingerprint density at radius 2 is 1.65 bits per heavy atom. The number of rotatable bonds is 1. The number of nitrogens with two attached hydrogens (primary N) is 1. The lowest BCUT2D eigenvalue weighted by Gasteiger charge is -2.05. The highest BCUT2D eigenvalue weighted by atomic mass is 14.7. The third-order valence-corrected chi connectivity index (χ3v) is 2.79. The smallest absolute Gasteiger partial charge is 0.0723 e. The molecule has 0 aliphatic rings. The van der Waals surface area contributed by atoms with Crippen molar-refractivity contribution < 1.29 is 0 Å². The number of benzene rings is 1. The number of nitrogens with zero attached hydrogens (tertiary/aromatic N) is 2. The minimum Gasteiger partial charge on any atom is -0.398 e. The molecule has 3 nitrogen and oxygen atoms in total. The molecule has 0 amide bonds. The highest BCUT2D eigenvalue weighted by Gasteiger charge is 2.02. The van der Waals surface area contributed by atoms with Crippen LogP contribution in [0.2, 0.25) is 0 Å². The minimum absolute atomic E-state index is 0.755. The Hall–Kier alpha value is -2.42. The summed E-state index contributed by atoms with van der Waals surface area (Å²) < 4.78 is 0. The molecule has 2 N–H and O–H groups in total. The Labute approximate surface area is 98.9 Å². The van der Waals surface area contributed by atoms with Crippen LogP contribution in [0.4, 0.5) is 5.69 Å². The van der Waals surface area contributed by atoms with E-state index in [-0.39, 0.29) is 0 Å². The second-order valence-electron chi connectivity index (χ2n) is 3.87. The van der Waals surface area contributed by atoms with Crippen LogP contribution in [0.3, 0.4) is 0 Å². The maximum atomic E-state index is 5.95. The first-order valence-corrected chi connectivity index (χ1v) is 5.39. The van der Waals surface area contributed by atoms with E-state index in [1.165, 1.54) is 0 Å². The number of hydrogen-bond donors (Lipinski definition) is 1. The number of pyridine rings is 2. The molecular formula is C14H11N3. The van der Waals surface area contributed by atoms with Gasteiger partial charge in [0, 0.05) is 29.7 Å². The third-order valence-electron chi connectivity index (χ3n) is 2.79. The maximum Gasteiger partial charge on any atom is 0.0723 e. The van der Waals surface area contributed by atoms with E-state index in [4.69, 9.17) is 5.73 Å². The third kappa shape index (κ3) is 1.72. The number of hydrogen-bond acceptors (Lipinski definition) is 3. The van der Waals surface area contributed by atoms with Crippen LogP contribution in [0.1, 0.15) is 0 Å². The van der Waals surface area contributed by atoms with Crippen LogP contribution in [-0.2, 0) is 0 Å². The van der Waals surface area contributed by atoms with Crippen LogP contribution >= 0.6 is 0 Å². The molecule has 0 radical (unpaired) electrons. The van der Waals surface area contributed by atoms with Crippen molar-refractivity contribution in [3.63, 3.8) is 0 Å². The Balaban J connectivity index is 2.23. The zero-order chi connectivity index (χ0) is 11.7. The average Bonchev–Trinajstić information content (AvgIpc) is 2.40. The van der Waals surface area contributed by atoms with Gasteiger partial charge in [0.05, 0.1) is 5.52 Å². The quantitative estimate of drug-likeness (QED) is 0.687. The van der Waals surface area contributed by atoms with Crippen molar-refractivity contribution in [2.45, 2.75) is 0 Å². The lowest BCUT2D eigenvalue weighted by atomic mass is 10.0. The highest BCUT2D eigenvalue weighted by molar-refractivity contribution is 5.93. The molecule has 0 fully saturated rings. The Kier molecular flexibility index (Phi) is 2.22. The van der Waals surface area contributed by atoms with Gasteiger partial charge in [-0.05, 0) is 41.5 Å². The van der Waals surface area contributed by atoms with Crippen LogP contribution in [0, 0.1) is 0 Å². The van der Waals surface area contributed by atoms with Gasteiger partial charge in [0.25, 0.3) is 0 Å². The standard InChI is InChI=1S/C14H11N3/c15-13-5-8-17-14-2-1-11(9-12(13)14)10-3-6-16-7-4-10/h1-9H,(H2,15,17). The van der Waals surface area contributed by atoms with Gasteiger partial charge in [-0.1, -0.05) is 6.07 Å². The molecule has 0 aliphatic heterocycles. The molecule has 2 heterocycles. The normalized spacial score (nSPS) is 10.6. The Morgan fingerprint density at radius 1 is 0.824 bits per heavy atom. The van der Waals surface area contributed by atoms with E-state index in [1.54, 1.807) is 18.6 Å². The van der Waals surface area contributed by atoms with E-state index in [2.05, 4.69) is 16.0 Å². The molecule has 0 atom stereocenters. The molecule has 3 aromatic rings. The molecule has 2 aromatic heterocycles. The molecule has 3 heteroatoms. The molecule has 0 aliphatic carbocycles. The van der Waals surface area contributed by atoms with E-state index in [0.29, 0.717) is 0 Å². The van der Waals surface area contributed by atoms with E-state index >= 15 is 0 Å². The lowest BCUT2D eigenvalue weighted by molar-refractivity contribution is 1.33. The van der Waals surface area contributed by atoms with Crippen molar-refractivity contribution in [3.8, 4) is 11.1 Å². The first-order valence-electron chi connectivity index (χ1n) is 5.39. The lowest BCUT2D eigenvalue weighted by Crippen LogP contribution is -1.89. The van der Waals surface area contributed by atoms with Crippen molar-refractivity contribution in [1.29, 1.82) is 0 Å². The number of anilines is 1. The summed E-state index contributed by atoms with van der Waals surface area (Å²) in [7, 11) is 0. The second kappa shape index (κ2) is 3.87. The van der Waals surface area contributed by atoms with Gasteiger partial charge in [-0.2, -0.15) is 0 Å². The summed E-state index contributed by atoms with van der Waals surface area (Å²) in [6.45, 7) is 0. The number of aromatic nitrogens is 2. The number of nitrogen functional groups attached to an aromatic ring is 1. The van der Waals surface area contributed by atoms with Crippen LogP contribution in [0.5, 0.6) is 0 Å². The van der Waals surface area contributed by atoms with Gasteiger partial charge in [0.1, 0.15) is 0 Å². The summed E-state index contributed by atoms with van der Waals surface area (Å²) in [5, 5.41) is 0.988. The average molecular weight is 221 g/mol. The first kappa shape index (κ1) is 9.78. The molecule has 82 valence electrons. The van der Waals surface area contributed by atoms with E-state index in [0.717, 1.165) is 27.7 Å². The fraction of sp³-hybridized carbons (Fsp3) is 0. The van der Waals surface area contributed by atoms with E-state index in [1.807, 2.05) is 30.3 Å². The largest absolute Gasteiger partial charge is 0.398 e. The first-order chi connectivity index (χ1) is 8.34. The summed E-state index contributed by atoms with van der Waals surface area (Å²) in [6, 6.07) is 11.9. The topological polar surface area (TPSA) is 51.8 Å². The van der Waals surface area contributed by atoms with Crippen molar-refractivity contribution in [2.24, 2.45) is 0 Å². The Morgan fingerprint density at radius 3 is 2.47 bits per heavy atom. The van der Waals surface area contributed by atoms with E-state index < -0.39 is 0 Å². The van der Waals surface area contributed by atoms with Crippen LogP contribution in [-0.4, -0.2) is 9.97 Å². The van der Waals surface area contributed by atoms with Crippen molar-refractivity contribution in [2.75, 3.05) is 5.73 Å². The second-order valence-corrected chi connectivity index (χ2v) is 3.87. The molecule has 3 rings (SSSR count). The maximum absolute atomic E-state index is 5.95. The molecule has 0 spiro atoms. The molecule has 1 aromatic carbocycles. The van der Waals surface area contributed by atoms with Gasteiger partial charge in [0.15, 0.2) is 0 Å². The fourth-order valence-electron chi connectivity index (χ4n) is 1.89. The molecule has 0 saturated carbocycles. The summed E-state index contributed by atoms with van der Waals surface area (Å²) in [6.07, 6.45) is 5.29. The number of fused-ring (bicyclic) bond motifs is 1. The minimum atomic E-state index is 0.755. The van der Waals surface area contributed by atoms with Crippen molar-refractivity contribution in [1.82, 2.24) is 9.97 Å². The van der Waals surface area contributed by atoms with Crippen molar-refractivity contribution in [3.05, 3.63) is 55.0 Å². The van der Waals surface area contributed by atoms with Gasteiger partial charge in [-0.25, -0.2) is 0 Å². The van der Waals surface area contributed by atoms with Gasteiger partial charge in [-0.15, -0.1) is 0 Å². The predicted octanol–water partition coefficient (Wildman–Crippen LogP) is 2.88. The van der Waals surface area contributed by atoms with Gasteiger partial charge < -0.3 is 5.73 Å². The monoisotopic (exact) mass is 221 g/mol. The summed E-state index contributed by atoms with van der Waals surface area (Å²) in [4.78, 5) is 8.30. The molecule has 0 unspecified atom stereocenters. The molecule has 0 bridgehead atoms. The Bertz CT molecular complexity index is 663. The molecular weight excluding hydrogens is 210 g/mol. The molecule has 0 saturated heterocycles. The summed E-state index contributed by atoms with van der Waals surface area (Å²) in [5.74, 6) is 0. The summed E-state index contributed by atoms with van der Waals surface area (Å²) >= 11 is 0. The zero-order valence-electron chi connectivity index (χ0n) is 9.17. The molecule has 17 heavy (non-hydrogen) atoms. The van der Waals surface area contributed by atoms with Gasteiger partial charge in [-0.3, -0.25) is 9.97 Å². The SMILES string of the molecule is Nc1ccnc2ccc(-c3ccncc3)cc12. The van der Waals surface area contributed by atoms with Gasteiger partial charge in [0.2, 0.25) is 0 Å². The van der Waals surface area contributed by atoms with Crippen molar-refractivity contribution >= 4 is 16.6 Å². The van der Waals surface area contributed by atoms with Crippen LogP contribution < -0.4 is 5.73 Å². The zero-order valence-corrected chi connectivity index (χ0v) is 9.17.